The molecule has 0 aliphatic heterocycles. The van der Waals surface area contributed by atoms with Crippen molar-refractivity contribution in [1.82, 2.24) is 25.1 Å². The Balaban J connectivity index is 2.48. The second-order valence-electron chi connectivity index (χ2n) is 6.08. The Kier molecular flexibility index (Phi) is 7.24. The molecule has 1 aromatic rings. The smallest absolute Gasteiger partial charge is 0.317 e. The summed E-state index contributed by atoms with van der Waals surface area (Å²) in [5.41, 5.74) is 0.832. The quantitative estimate of drug-likeness (QED) is 0.839. The Morgan fingerprint density at radius 1 is 1.23 bits per heavy atom. The standard InChI is InChI=1S/C16H29N5O/c1-12(2)21(13(3)4)10-9-18-16(22)20(6)14(5)15-7-8-17-11-19-15/h7-8,11-14H,9-10H2,1-6H3,(H,18,22)/t14-/m1/s1. The van der Waals surface area contributed by atoms with Crippen LogP contribution in [0.5, 0.6) is 0 Å². The van der Waals surface area contributed by atoms with Crippen molar-refractivity contribution in [3.05, 3.63) is 24.3 Å². The van der Waals surface area contributed by atoms with E-state index in [1.807, 2.05) is 13.0 Å². The van der Waals surface area contributed by atoms with E-state index in [2.05, 4.69) is 47.9 Å². The number of nitrogens with zero attached hydrogens (tertiary/aromatic N) is 4. The molecule has 0 bridgehead atoms. The van der Waals surface area contributed by atoms with Gasteiger partial charge >= 0.3 is 6.03 Å². The fraction of sp³-hybridized carbons (Fsp3) is 0.688. The molecule has 6 nitrogen and oxygen atoms in total. The van der Waals surface area contributed by atoms with Gasteiger partial charge in [-0.1, -0.05) is 0 Å². The first-order chi connectivity index (χ1) is 10.3. The number of amides is 2. The van der Waals surface area contributed by atoms with E-state index in [-0.39, 0.29) is 12.1 Å². The molecule has 0 radical (unpaired) electrons. The first kappa shape index (κ1) is 18.4. The summed E-state index contributed by atoms with van der Waals surface area (Å²) in [5.74, 6) is 0. The third-order valence-electron chi connectivity index (χ3n) is 3.91. The highest BCUT2D eigenvalue weighted by molar-refractivity contribution is 5.74. The summed E-state index contributed by atoms with van der Waals surface area (Å²) >= 11 is 0. The monoisotopic (exact) mass is 307 g/mol. The van der Waals surface area contributed by atoms with Gasteiger partial charge in [-0.3, -0.25) is 4.90 Å². The van der Waals surface area contributed by atoms with Gasteiger partial charge in [-0.2, -0.15) is 0 Å². The minimum absolute atomic E-state index is 0.0847. The average Bonchev–Trinajstić information content (AvgIpc) is 2.49. The van der Waals surface area contributed by atoms with Crippen molar-refractivity contribution < 1.29 is 4.79 Å². The molecule has 1 N–H and O–H groups in total. The summed E-state index contributed by atoms with van der Waals surface area (Å²) in [4.78, 5) is 24.3. The van der Waals surface area contributed by atoms with Crippen molar-refractivity contribution in [3.8, 4) is 0 Å². The van der Waals surface area contributed by atoms with Crippen LogP contribution in [0.3, 0.4) is 0 Å². The number of carbonyl (C=O) groups excluding carboxylic acids is 1. The summed E-state index contributed by atoms with van der Waals surface area (Å²) in [6, 6.07) is 2.59. The van der Waals surface area contributed by atoms with E-state index in [1.54, 1.807) is 18.1 Å². The summed E-state index contributed by atoms with van der Waals surface area (Å²) in [6.07, 6.45) is 3.19. The van der Waals surface area contributed by atoms with Gasteiger partial charge in [0, 0.05) is 38.4 Å². The maximum Gasteiger partial charge on any atom is 0.317 e. The van der Waals surface area contributed by atoms with Crippen molar-refractivity contribution in [1.29, 1.82) is 0 Å². The van der Waals surface area contributed by atoms with E-state index in [1.165, 1.54) is 6.33 Å². The second-order valence-corrected chi connectivity index (χ2v) is 6.08. The lowest BCUT2D eigenvalue weighted by Gasteiger charge is -2.31. The molecular formula is C16H29N5O. The van der Waals surface area contributed by atoms with Crippen LogP contribution in [0, 0.1) is 0 Å². The molecule has 1 aromatic heterocycles. The van der Waals surface area contributed by atoms with Gasteiger partial charge < -0.3 is 10.2 Å². The van der Waals surface area contributed by atoms with Gasteiger partial charge in [-0.05, 0) is 40.7 Å². The molecule has 124 valence electrons. The molecule has 0 saturated heterocycles. The number of rotatable bonds is 7. The molecule has 0 aliphatic rings. The molecule has 1 rings (SSSR count). The lowest BCUT2D eigenvalue weighted by atomic mass is 10.2. The molecule has 0 aliphatic carbocycles. The van der Waals surface area contributed by atoms with Crippen molar-refractivity contribution in [3.63, 3.8) is 0 Å². The van der Waals surface area contributed by atoms with Gasteiger partial charge in [0.1, 0.15) is 6.33 Å². The highest BCUT2D eigenvalue weighted by Gasteiger charge is 2.19. The fourth-order valence-corrected chi connectivity index (χ4v) is 2.45. The Bertz CT molecular complexity index is 441. The zero-order valence-corrected chi connectivity index (χ0v) is 14.6. The van der Waals surface area contributed by atoms with Crippen LogP contribution in [0.4, 0.5) is 4.79 Å². The Morgan fingerprint density at radius 3 is 2.36 bits per heavy atom. The summed E-state index contributed by atoms with van der Waals surface area (Å²) in [5, 5.41) is 2.98. The first-order valence-electron chi connectivity index (χ1n) is 7.86. The van der Waals surface area contributed by atoms with Crippen LogP contribution >= 0.6 is 0 Å². The molecule has 22 heavy (non-hydrogen) atoms. The van der Waals surface area contributed by atoms with Crippen LogP contribution in [0.2, 0.25) is 0 Å². The predicted octanol–water partition coefficient (Wildman–Crippen LogP) is 2.30. The first-order valence-corrected chi connectivity index (χ1v) is 7.86. The average molecular weight is 307 g/mol. The van der Waals surface area contributed by atoms with Gasteiger partial charge in [0.05, 0.1) is 11.7 Å². The number of hydrogen-bond donors (Lipinski definition) is 1. The predicted molar refractivity (Wildman–Crippen MR) is 88.6 cm³/mol. The zero-order valence-electron chi connectivity index (χ0n) is 14.6. The number of urea groups is 1. The molecule has 0 spiro atoms. The topological polar surface area (TPSA) is 61.4 Å². The lowest BCUT2D eigenvalue weighted by Crippen LogP contribution is -2.45. The maximum atomic E-state index is 12.2. The van der Waals surface area contributed by atoms with E-state index in [4.69, 9.17) is 0 Å². The van der Waals surface area contributed by atoms with Crippen molar-refractivity contribution in [2.75, 3.05) is 20.1 Å². The molecule has 1 heterocycles. The SMILES string of the molecule is CC(C)N(CCNC(=O)N(C)[C@H](C)c1ccncn1)C(C)C. The van der Waals surface area contributed by atoms with Gasteiger partial charge in [0.25, 0.3) is 0 Å². The van der Waals surface area contributed by atoms with Crippen LogP contribution in [0.15, 0.2) is 18.6 Å². The van der Waals surface area contributed by atoms with E-state index in [0.717, 1.165) is 12.2 Å². The molecule has 0 aromatic carbocycles. The van der Waals surface area contributed by atoms with Gasteiger partial charge in [0.15, 0.2) is 0 Å². The Hall–Kier alpha value is -1.69. The molecular weight excluding hydrogens is 278 g/mol. The fourth-order valence-electron chi connectivity index (χ4n) is 2.45. The summed E-state index contributed by atoms with van der Waals surface area (Å²) in [7, 11) is 1.78. The molecule has 6 heteroatoms. The van der Waals surface area contributed by atoms with Crippen LogP contribution in [-0.2, 0) is 0 Å². The molecule has 0 saturated carbocycles. The van der Waals surface area contributed by atoms with Gasteiger partial charge in [0.2, 0.25) is 0 Å². The van der Waals surface area contributed by atoms with E-state index >= 15 is 0 Å². The van der Waals surface area contributed by atoms with Crippen LogP contribution < -0.4 is 5.32 Å². The minimum atomic E-state index is -0.0886. The maximum absolute atomic E-state index is 12.2. The van der Waals surface area contributed by atoms with Crippen molar-refractivity contribution in [2.24, 2.45) is 0 Å². The van der Waals surface area contributed by atoms with Crippen LogP contribution in [0.1, 0.15) is 46.4 Å². The zero-order chi connectivity index (χ0) is 16.7. The van der Waals surface area contributed by atoms with Gasteiger partial charge in [-0.25, -0.2) is 14.8 Å². The second kappa shape index (κ2) is 8.68. The van der Waals surface area contributed by atoms with Gasteiger partial charge in [-0.15, -0.1) is 0 Å². The lowest BCUT2D eigenvalue weighted by molar-refractivity contribution is 0.167. The molecule has 2 amide bonds. The minimum Gasteiger partial charge on any atom is -0.337 e. The largest absolute Gasteiger partial charge is 0.337 e. The Morgan fingerprint density at radius 2 is 1.86 bits per heavy atom. The van der Waals surface area contributed by atoms with Crippen LogP contribution in [-0.4, -0.2) is 58.0 Å². The number of hydrogen-bond acceptors (Lipinski definition) is 4. The Labute approximate surface area is 133 Å². The number of aromatic nitrogens is 2. The number of nitrogens with one attached hydrogen (secondary N) is 1. The third-order valence-corrected chi connectivity index (χ3v) is 3.91. The molecule has 0 unspecified atom stereocenters. The van der Waals surface area contributed by atoms with Crippen molar-refractivity contribution >= 4 is 6.03 Å². The van der Waals surface area contributed by atoms with Crippen molar-refractivity contribution in [2.45, 2.75) is 52.7 Å². The molecule has 1 atom stereocenters. The van der Waals surface area contributed by atoms with E-state index < -0.39 is 0 Å². The molecule has 0 fully saturated rings. The number of carbonyl (C=O) groups is 1. The summed E-state index contributed by atoms with van der Waals surface area (Å²) in [6.45, 7) is 12.1. The van der Waals surface area contributed by atoms with E-state index in [0.29, 0.717) is 18.6 Å². The van der Waals surface area contributed by atoms with E-state index in [9.17, 15) is 4.79 Å². The normalized spacial score (nSPS) is 12.8. The highest BCUT2D eigenvalue weighted by Crippen LogP contribution is 2.15. The summed E-state index contributed by atoms with van der Waals surface area (Å²) < 4.78 is 0. The highest BCUT2D eigenvalue weighted by atomic mass is 16.2. The van der Waals surface area contributed by atoms with Crippen LogP contribution in [0.25, 0.3) is 0 Å². The third kappa shape index (κ3) is 5.26.